The Morgan fingerprint density at radius 1 is 1.19 bits per heavy atom. The number of rotatable bonds is 6. The van der Waals surface area contributed by atoms with E-state index in [0.717, 1.165) is 10.6 Å². The van der Waals surface area contributed by atoms with E-state index in [1.54, 1.807) is 18.2 Å². The Balaban J connectivity index is 2.35. The van der Waals surface area contributed by atoms with Gasteiger partial charge in [0, 0.05) is 28.0 Å². The zero-order chi connectivity index (χ0) is 19.3. The monoisotopic (exact) mass is 412 g/mol. The summed E-state index contributed by atoms with van der Waals surface area (Å²) >= 11 is 18.9. The lowest BCUT2D eigenvalue weighted by Gasteiger charge is -2.22. The van der Waals surface area contributed by atoms with E-state index in [9.17, 15) is 4.79 Å². The minimum absolute atomic E-state index is 0.126. The lowest BCUT2D eigenvalue weighted by Crippen LogP contribution is -2.47. The number of urea groups is 1. The number of benzene rings is 2. The highest BCUT2D eigenvalue weighted by Gasteiger charge is 2.17. The molecular formula is C17H15Cl3N4O2. The number of halogens is 3. The van der Waals surface area contributed by atoms with Gasteiger partial charge in [0.05, 0.1) is 23.9 Å². The molecule has 0 aliphatic carbocycles. The van der Waals surface area contributed by atoms with Gasteiger partial charge in [0.2, 0.25) is 0 Å². The summed E-state index contributed by atoms with van der Waals surface area (Å²) < 4.78 is 0. The summed E-state index contributed by atoms with van der Waals surface area (Å²) in [6.07, 6.45) is 0.350. The number of hydrazine groups is 1. The van der Waals surface area contributed by atoms with Gasteiger partial charge < -0.3 is 10.8 Å². The number of hydrogen-bond acceptors (Lipinski definition) is 4. The normalized spacial score (nSPS) is 10.4. The molecule has 0 fully saturated rings. The smallest absolute Gasteiger partial charge is 0.333 e. The fraction of sp³-hybridized carbons (Fsp3) is 0.176. The van der Waals surface area contributed by atoms with Crippen LogP contribution >= 0.6 is 34.8 Å². The molecule has 0 spiro atoms. The molecule has 0 aromatic heterocycles. The van der Waals surface area contributed by atoms with E-state index in [1.165, 1.54) is 12.1 Å². The minimum Gasteiger partial charge on any atom is -0.395 e. The van der Waals surface area contributed by atoms with Crippen molar-refractivity contribution in [2.24, 2.45) is 5.73 Å². The highest BCUT2D eigenvalue weighted by molar-refractivity contribution is 6.36. The van der Waals surface area contributed by atoms with Crippen molar-refractivity contribution in [1.82, 2.24) is 5.43 Å². The van der Waals surface area contributed by atoms with Crippen molar-refractivity contribution in [3.63, 3.8) is 0 Å². The molecule has 136 valence electrons. The Morgan fingerprint density at radius 2 is 1.85 bits per heavy atom. The van der Waals surface area contributed by atoms with Crippen LogP contribution in [0.25, 0.3) is 0 Å². The Hall–Kier alpha value is -2.01. The maximum absolute atomic E-state index is 11.6. The summed E-state index contributed by atoms with van der Waals surface area (Å²) in [6, 6.07) is 9.29. The molecule has 0 bridgehead atoms. The number of aliphatic hydroxyl groups excluding tert-OH is 1. The van der Waals surface area contributed by atoms with Gasteiger partial charge in [-0.15, -0.1) is 0 Å². The Morgan fingerprint density at radius 3 is 2.35 bits per heavy atom. The number of anilines is 1. The standard InChI is InChI=1S/C17H15Cl3N4O2/c18-14-5-10(9-21)1-2-11(14)6-13-15(19)7-12(8-16(13)20)24(17(22)26)23-3-4-25/h1-2,5,7-8,23,25H,3-4,6H2,(H2,22,26). The molecule has 2 aromatic rings. The number of nitrogens with two attached hydrogens (primary N) is 1. The van der Waals surface area contributed by atoms with Gasteiger partial charge in [-0.1, -0.05) is 40.9 Å². The number of amides is 2. The van der Waals surface area contributed by atoms with E-state index in [0.29, 0.717) is 38.3 Å². The topological polar surface area (TPSA) is 102 Å². The number of carbonyl (C=O) groups excluding carboxylic acids is 1. The van der Waals surface area contributed by atoms with Crippen LogP contribution in [0.3, 0.4) is 0 Å². The molecule has 0 saturated carbocycles. The number of hydrogen-bond donors (Lipinski definition) is 3. The van der Waals surface area contributed by atoms with Crippen LogP contribution in [0.2, 0.25) is 15.1 Å². The molecular weight excluding hydrogens is 399 g/mol. The van der Waals surface area contributed by atoms with Crippen molar-refractivity contribution < 1.29 is 9.90 Å². The third-order valence-corrected chi connectivity index (χ3v) is 4.56. The van der Waals surface area contributed by atoms with Crippen molar-refractivity contribution in [2.45, 2.75) is 6.42 Å². The van der Waals surface area contributed by atoms with Crippen LogP contribution < -0.4 is 16.2 Å². The molecule has 0 atom stereocenters. The van der Waals surface area contributed by atoms with Crippen molar-refractivity contribution in [3.8, 4) is 6.07 Å². The third-order valence-electron chi connectivity index (χ3n) is 3.54. The van der Waals surface area contributed by atoms with Crippen LogP contribution in [-0.2, 0) is 6.42 Å². The Labute approximate surface area is 165 Å². The van der Waals surface area contributed by atoms with Crippen molar-refractivity contribution in [3.05, 3.63) is 62.1 Å². The Kier molecular flexibility index (Phi) is 7.09. The van der Waals surface area contributed by atoms with Crippen LogP contribution in [0.1, 0.15) is 16.7 Å². The van der Waals surface area contributed by atoms with Crippen LogP contribution in [0.4, 0.5) is 10.5 Å². The fourth-order valence-corrected chi connectivity index (χ4v) is 3.15. The van der Waals surface area contributed by atoms with E-state index in [4.69, 9.17) is 50.9 Å². The second-order valence-corrected chi connectivity index (χ2v) is 6.51. The van der Waals surface area contributed by atoms with Gasteiger partial charge in [-0.2, -0.15) is 5.26 Å². The first-order chi connectivity index (χ1) is 12.4. The van der Waals surface area contributed by atoms with Gasteiger partial charge in [-0.25, -0.2) is 15.2 Å². The fourth-order valence-electron chi connectivity index (χ4n) is 2.30. The van der Waals surface area contributed by atoms with Crippen LogP contribution in [0.5, 0.6) is 0 Å². The lowest BCUT2D eigenvalue weighted by atomic mass is 10.0. The number of nitrogens with one attached hydrogen (secondary N) is 1. The van der Waals surface area contributed by atoms with Gasteiger partial charge in [0.25, 0.3) is 0 Å². The van der Waals surface area contributed by atoms with Crippen LogP contribution in [0.15, 0.2) is 30.3 Å². The minimum atomic E-state index is -0.770. The summed E-state index contributed by atoms with van der Waals surface area (Å²) in [5.41, 5.74) is 10.2. The SMILES string of the molecule is N#Cc1ccc(Cc2c(Cl)cc(N(NCCO)C(N)=O)cc2Cl)c(Cl)c1. The van der Waals surface area contributed by atoms with Crippen LogP contribution in [-0.4, -0.2) is 24.3 Å². The molecule has 0 unspecified atom stereocenters. The molecule has 0 aliphatic rings. The number of carbonyl (C=O) groups is 1. The molecule has 0 radical (unpaired) electrons. The van der Waals surface area contributed by atoms with E-state index >= 15 is 0 Å². The number of nitrogens with zero attached hydrogens (tertiary/aromatic N) is 2. The zero-order valence-electron chi connectivity index (χ0n) is 13.5. The van der Waals surface area contributed by atoms with Crippen LogP contribution in [0, 0.1) is 11.3 Å². The van der Waals surface area contributed by atoms with Crippen molar-refractivity contribution in [1.29, 1.82) is 5.26 Å². The summed E-state index contributed by atoms with van der Waals surface area (Å²) in [5.74, 6) is 0. The second kappa shape index (κ2) is 9.08. The van der Waals surface area contributed by atoms with Gasteiger partial charge in [0.1, 0.15) is 0 Å². The highest BCUT2D eigenvalue weighted by atomic mass is 35.5. The molecule has 2 rings (SSSR count). The number of nitriles is 1. The van der Waals surface area contributed by atoms with E-state index in [2.05, 4.69) is 5.43 Å². The summed E-state index contributed by atoms with van der Waals surface area (Å²) in [6.45, 7) is -0.0543. The predicted molar refractivity (Wildman–Crippen MR) is 103 cm³/mol. The van der Waals surface area contributed by atoms with Gasteiger partial charge in [0.15, 0.2) is 0 Å². The molecule has 2 amide bonds. The molecule has 0 heterocycles. The lowest BCUT2D eigenvalue weighted by molar-refractivity contribution is 0.248. The zero-order valence-corrected chi connectivity index (χ0v) is 15.7. The van der Waals surface area contributed by atoms with Gasteiger partial charge in [-0.05, 0) is 35.4 Å². The summed E-state index contributed by atoms with van der Waals surface area (Å²) in [4.78, 5) is 11.6. The average molecular weight is 414 g/mol. The van der Waals surface area contributed by atoms with Crippen molar-refractivity contribution in [2.75, 3.05) is 18.2 Å². The van der Waals surface area contributed by atoms with E-state index < -0.39 is 6.03 Å². The largest absolute Gasteiger partial charge is 0.395 e. The molecule has 6 nitrogen and oxygen atoms in total. The molecule has 0 aliphatic heterocycles. The number of aliphatic hydroxyl groups is 1. The predicted octanol–water partition coefficient (Wildman–Crippen LogP) is 3.49. The first-order valence-electron chi connectivity index (χ1n) is 7.47. The maximum atomic E-state index is 11.6. The maximum Gasteiger partial charge on any atom is 0.333 e. The average Bonchev–Trinajstić information content (AvgIpc) is 2.59. The van der Waals surface area contributed by atoms with Crippen molar-refractivity contribution >= 4 is 46.5 Å². The molecule has 0 saturated heterocycles. The highest BCUT2D eigenvalue weighted by Crippen LogP contribution is 2.33. The summed E-state index contributed by atoms with van der Waals surface area (Å²) in [7, 11) is 0. The number of primary amides is 1. The molecule has 9 heteroatoms. The third kappa shape index (κ3) is 4.79. The molecule has 26 heavy (non-hydrogen) atoms. The second-order valence-electron chi connectivity index (χ2n) is 5.29. The Bertz CT molecular complexity index is 845. The van der Waals surface area contributed by atoms with Gasteiger partial charge in [-0.3, -0.25) is 0 Å². The molecule has 4 N–H and O–H groups in total. The first-order valence-corrected chi connectivity index (χ1v) is 8.61. The first kappa shape index (κ1) is 20.3. The van der Waals surface area contributed by atoms with E-state index in [1.807, 2.05) is 6.07 Å². The quantitative estimate of drug-likeness (QED) is 0.631. The van der Waals surface area contributed by atoms with E-state index in [-0.39, 0.29) is 13.2 Å². The van der Waals surface area contributed by atoms with Gasteiger partial charge >= 0.3 is 6.03 Å². The molecule has 2 aromatic carbocycles. The summed E-state index contributed by atoms with van der Waals surface area (Å²) in [5, 5.41) is 19.9.